The summed E-state index contributed by atoms with van der Waals surface area (Å²) >= 11 is 0. The van der Waals surface area contributed by atoms with Crippen molar-refractivity contribution in [3.63, 3.8) is 0 Å². The number of carbonyl (C=O) groups excluding carboxylic acids is 1. The van der Waals surface area contributed by atoms with Crippen LogP contribution in [-0.2, 0) is 4.79 Å². The van der Waals surface area contributed by atoms with E-state index >= 15 is 0 Å². The molecule has 1 aliphatic rings. The lowest BCUT2D eigenvalue weighted by Crippen LogP contribution is -2.33. The normalized spacial score (nSPS) is 22.7. The van der Waals surface area contributed by atoms with Gasteiger partial charge in [-0.25, -0.2) is 0 Å². The highest BCUT2D eigenvalue weighted by Crippen LogP contribution is 2.25. The van der Waals surface area contributed by atoms with Gasteiger partial charge in [0.05, 0.1) is 11.5 Å². The highest BCUT2D eigenvalue weighted by Gasteiger charge is 2.30. The van der Waals surface area contributed by atoms with Gasteiger partial charge in [0, 0.05) is 17.9 Å². The van der Waals surface area contributed by atoms with Crippen molar-refractivity contribution in [1.29, 1.82) is 0 Å². The van der Waals surface area contributed by atoms with Gasteiger partial charge in [0.25, 0.3) is 5.91 Å². The minimum atomic E-state index is -0.774. The van der Waals surface area contributed by atoms with E-state index in [1.54, 1.807) is 12.1 Å². The van der Waals surface area contributed by atoms with Crippen LogP contribution in [0.2, 0.25) is 0 Å². The Hall–Kier alpha value is -1.91. The molecule has 0 radical (unpaired) electrons. The number of amides is 1. The number of rotatable bonds is 3. The molecule has 1 heterocycles. The molecule has 0 unspecified atom stereocenters. The van der Waals surface area contributed by atoms with E-state index in [0.717, 1.165) is 12.1 Å². The van der Waals surface area contributed by atoms with Gasteiger partial charge in [-0.05, 0) is 38.3 Å². The molecule has 18 heavy (non-hydrogen) atoms. The number of nitrogens with one attached hydrogen (secondary N) is 1. The molecule has 5 heteroatoms. The Bertz CT molecular complexity index is 456. The monoisotopic (exact) mass is 248 g/mol. The van der Waals surface area contributed by atoms with Gasteiger partial charge in [0.1, 0.15) is 0 Å². The van der Waals surface area contributed by atoms with Crippen LogP contribution >= 0.6 is 0 Å². The van der Waals surface area contributed by atoms with E-state index in [4.69, 9.17) is 5.11 Å². The van der Waals surface area contributed by atoms with Crippen molar-refractivity contribution in [2.45, 2.75) is 32.2 Å². The summed E-state index contributed by atoms with van der Waals surface area (Å²) in [4.78, 5) is 26.8. The molecule has 5 nitrogen and oxygen atoms in total. The fourth-order valence-electron chi connectivity index (χ4n) is 2.21. The van der Waals surface area contributed by atoms with E-state index in [0.29, 0.717) is 18.4 Å². The molecule has 2 rings (SSSR count). The average Bonchev–Trinajstić information content (AvgIpc) is 2.78. The molecule has 1 aromatic rings. The Morgan fingerprint density at radius 2 is 2.17 bits per heavy atom. The maximum atomic E-state index is 11.9. The quantitative estimate of drug-likeness (QED) is 0.846. The SMILES string of the molecule is Cc1ccc(C(=O)N[C@@H]2CC[C@@H](C(=O)O)C2)cn1. The molecule has 96 valence electrons. The molecule has 1 aromatic heterocycles. The van der Waals surface area contributed by atoms with Gasteiger partial charge in [-0.3, -0.25) is 14.6 Å². The van der Waals surface area contributed by atoms with Crippen molar-refractivity contribution < 1.29 is 14.7 Å². The Morgan fingerprint density at radius 1 is 1.39 bits per heavy atom. The third-order valence-corrected chi connectivity index (χ3v) is 3.29. The van der Waals surface area contributed by atoms with E-state index in [1.807, 2.05) is 6.92 Å². The number of carboxylic acids is 1. The zero-order valence-corrected chi connectivity index (χ0v) is 10.2. The first kappa shape index (κ1) is 12.5. The summed E-state index contributed by atoms with van der Waals surface area (Å²) in [5.74, 6) is -1.28. The lowest BCUT2D eigenvalue weighted by Gasteiger charge is -2.12. The molecular weight excluding hydrogens is 232 g/mol. The van der Waals surface area contributed by atoms with Crippen LogP contribution in [0.5, 0.6) is 0 Å². The van der Waals surface area contributed by atoms with Crippen LogP contribution in [0.1, 0.15) is 35.3 Å². The number of aliphatic carboxylic acids is 1. The predicted octanol–water partition coefficient (Wildman–Crippen LogP) is 1.37. The molecule has 2 atom stereocenters. The number of aromatic nitrogens is 1. The van der Waals surface area contributed by atoms with Crippen molar-refractivity contribution >= 4 is 11.9 Å². The molecular formula is C13H16N2O3. The maximum absolute atomic E-state index is 11.9. The standard InChI is InChI=1S/C13H16N2O3/c1-8-2-3-10(7-14-8)12(16)15-11-5-4-9(6-11)13(17)18/h2-3,7,9,11H,4-6H2,1H3,(H,15,16)(H,17,18)/t9-,11-/m1/s1. The second kappa shape index (κ2) is 5.16. The van der Waals surface area contributed by atoms with Crippen molar-refractivity contribution in [2.75, 3.05) is 0 Å². The molecule has 0 bridgehead atoms. The largest absolute Gasteiger partial charge is 0.481 e. The lowest BCUT2D eigenvalue weighted by atomic mass is 10.1. The minimum absolute atomic E-state index is 0.0418. The van der Waals surface area contributed by atoms with E-state index in [1.165, 1.54) is 6.20 Å². The summed E-state index contributed by atoms with van der Waals surface area (Å²) < 4.78 is 0. The van der Waals surface area contributed by atoms with E-state index in [2.05, 4.69) is 10.3 Å². The van der Waals surface area contributed by atoms with Crippen LogP contribution in [0, 0.1) is 12.8 Å². The van der Waals surface area contributed by atoms with Crippen molar-refractivity contribution in [1.82, 2.24) is 10.3 Å². The summed E-state index contributed by atoms with van der Waals surface area (Å²) in [6.45, 7) is 1.86. The third kappa shape index (κ3) is 2.85. The average molecular weight is 248 g/mol. The Labute approximate surface area is 105 Å². The van der Waals surface area contributed by atoms with E-state index in [9.17, 15) is 9.59 Å². The van der Waals surface area contributed by atoms with E-state index in [-0.39, 0.29) is 17.9 Å². The lowest BCUT2D eigenvalue weighted by molar-refractivity contribution is -0.141. The zero-order chi connectivity index (χ0) is 13.1. The van der Waals surface area contributed by atoms with Gasteiger partial charge in [0.2, 0.25) is 0 Å². The fraction of sp³-hybridized carbons (Fsp3) is 0.462. The summed E-state index contributed by atoms with van der Waals surface area (Å²) in [6, 6.07) is 3.46. The summed E-state index contributed by atoms with van der Waals surface area (Å²) in [7, 11) is 0. The molecule has 1 fully saturated rings. The highest BCUT2D eigenvalue weighted by molar-refractivity contribution is 5.94. The molecule has 0 aromatic carbocycles. The summed E-state index contributed by atoms with van der Waals surface area (Å²) in [5.41, 5.74) is 1.37. The van der Waals surface area contributed by atoms with Crippen molar-refractivity contribution in [3.8, 4) is 0 Å². The van der Waals surface area contributed by atoms with Crippen LogP contribution < -0.4 is 5.32 Å². The number of hydrogen-bond acceptors (Lipinski definition) is 3. The fourth-order valence-corrected chi connectivity index (χ4v) is 2.21. The number of carboxylic acid groups (broad SMARTS) is 1. The van der Waals surface area contributed by atoms with Crippen molar-refractivity contribution in [2.24, 2.45) is 5.92 Å². The van der Waals surface area contributed by atoms with Gasteiger partial charge < -0.3 is 10.4 Å². The van der Waals surface area contributed by atoms with Gasteiger partial charge in [-0.1, -0.05) is 0 Å². The van der Waals surface area contributed by atoms with Crippen LogP contribution in [0.25, 0.3) is 0 Å². The minimum Gasteiger partial charge on any atom is -0.481 e. The van der Waals surface area contributed by atoms with Crippen LogP contribution in [0.3, 0.4) is 0 Å². The number of hydrogen-bond donors (Lipinski definition) is 2. The Kier molecular flexibility index (Phi) is 3.60. The molecule has 0 aliphatic heterocycles. The Morgan fingerprint density at radius 3 is 2.72 bits per heavy atom. The predicted molar refractivity (Wildman–Crippen MR) is 65.2 cm³/mol. The first-order valence-electron chi connectivity index (χ1n) is 6.02. The molecule has 0 saturated heterocycles. The Balaban J connectivity index is 1.92. The third-order valence-electron chi connectivity index (χ3n) is 3.29. The number of carbonyl (C=O) groups is 2. The highest BCUT2D eigenvalue weighted by atomic mass is 16.4. The molecule has 2 N–H and O–H groups in total. The second-order valence-corrected chi connectivity index (χ2v) is 4.71. The second-order valence-electron chi connectivity index (χ2n) is 4.71. The van der Waals surface area contributed by atoms with Crippen LogP contribution in [0.4, 0.5) is 0 Å². The van der Waals surface area contributed by atoms with E-state index < -0.39 is 5.97 Å². The smallest absolute Gasteiger partial charge is 0.306 e. The number of pyridine rings is 1. The number of aryl methyl sites for hydroxylation is 1. The summed E-state index contributed by atoms with van der Waals surface area (Å²) in [6.07, 6.45) is 3.41. The first-order chi connectivity index (χ1) is 8.56. The molecule has 1 aliphatic carbocycles. The molecule has 1 saturated carbocycles. The topological polar surface area (TPSA) is 79.3 Å². The number of nitrogens with zero attached hydrogens (tertiary/aromatic N) is 1. The first-order valence-corrected chi connectivity index (χ1v) is 6.02. The summed E-state index contributed by atoms with van der Waals surface area (Å²) in [5, 5.41) is 11.7. The van der Waals surface area contributed by atoms with Crippen molar-refractivity contribution in [3.05, 3.63) is 29.6 Å². The van der Waals surface area contributed by atoms with Crippen LogP contribution in [0.15, 0.2) is 18.3 Å². The molecule has 1 amide bonds. The van der Waals surface area contributed by atoms with Gasteiger partial charge in [-0.15, -0.1) is 0 Å². The molecule has 0 spiro atoms. The van der Waals surface area contributed by atoms with Gasteiger partial charge >= 0.3 is 5.97 Å². The zero-order valence-electron chi connectivity index (χ0n) is 10.2. The van der Waals surface area contributed by atoms with Gasteiger partial charge in [0.15, 0.2) is 0 Å². The maximum Gasteiger partial charge on any atom is 0.306 e. The van der Waals surface area contributed by atoms with Crippen LogP contribution in [-0.4, -0.2) is 28.0 Å². The van der Waals surface area contributed by atoms with Gasteiger partial charge in [-0.2, -0.15) is 0 Å².